The van der Waals surface area contributed by atoms with Gasteiger partial charge in [-0.1, -0.05) is 13.8 Å². The molecule has 35 nitrogen and oxygen atoms in total. The molecule has 0 amide bonds. The highest BCUT2D eigenvalue weighted by atomic mass is 16.8. The van der Waals surface area contributed by atoms with Crippen molar-refractivity contribution in [2.75, 3.05) is 59.3 Å². The van der Waals surface area contributed by atoms with Gasteiger partial charge in [0.15, 0.2) is 44.0 Å². The molecule has 0 aromatic heterocycles. The van der Waals surface area contributed by atoms with Gasteiger partial charge in [0.05, 0.1) is 39.6 Å². The molecule has 472 valence electrons. The van der Waals surface area contributed by atoms with E-state index in [2.05, 4.69) is 0 Å². The van der Waals surface area contributed by atoms with Gasteiger partial charge in [-0.15, -0.1) is 0 Å². The third-order valence-electron chi connectivity index (χ3n) is 15.9. The Bertz CT molecular complexity index is 1910. The Labute approximate surface area is 460 Å². The SMILES string of the molecule is CCN(CC)C[C@H]1O[C@@H]2O[C@H]3[C@H](O)[C@@H](O)[C@@H](O[C@H]4[C@H](O)[C@@H](O)[C@@H](O[C@H]5[C@H](O)[C@@H](O)[C@@H](O[C@H]6[C@H](O)[C@@H](O)[C@@H](O[C@H]7[C@H](O)[C@@H](O)[C@@H](O[C@H]8[C@H](O)[C@@H](O)[C@@H](O[C@H]1[C@H](O)[C@H]2O)O[C@@H]8CO)O[C@@H]7CO)O[C@@H]6CO)O[C@@H]5CO)O[C@@H]4CO)O[C@@H]3CO. The molecule has 21 saturated heterocycles. The first kappa shape index (κ1) is 65.6. The average molecular weight is 1190 g/mol. The maximum atomic E-state index is 11.7. The van der Waals surface area contributed by atoms with Crippen LogP contribution >= 0.6 is 0 Å². The van der Waals surface area contributed by atoms with Gasteiger partial charge < -0.3 is 173 Å². The van der Waals surface area contributed by atoms with Crippen molar-refractivity contribution in [3.05, 3.63) is 0 Å². The number of nitrogens with zero attached hydrogens (tertiary/aromatic N) is 1. The molecule has 35 heteroatoms. The van der Waals surface area contributed by atoms with E-state index in [4.69, 9.17) is 66.3 Å². The van der Waals surface area contributed by atoms with Crippen LogP contribution in [0.3, 0.4) is 0 Å². The number of likely N-dealkylation sites (N-methyl/N-ethyl adjacent to an activating group) is 1. The van der Waals surface area contributed by atoms with Crippen molar-refractivity contribution in [1.29, 1.82) is 0 Å². The molecule has 0 spiro atoms. The van der Waals surface area contributed by atoms with Gasteiger partial charge in [-0.05, 0) is 13.1 Å². The van der Waals surface area contributed by atoms with E-state index in [0.29, 0.717) is 13.1 Å². The Morgan fingerprint density at radius 1 is 0.222 bits per heavy atom. The smallest absolute Gasteiger partial charge is 0.187 e. The van der Waals surface area contributed by atoms with Crippen molar-refractivity contribution in [1.82, 2.24) is 4.90 Å². The van der Waals surface area contributed by atoms with Gasteiger partial charge in [0.1, 0.15) is 171 Å². The summed E-state index contributed by atoms with van der Waals surface area (Å²) >= 11 is 0. The van der Waals surface area contributed by atoms with E-state index < -0.39 is 255 Å². The lowest BCUT2D eigenvalue weighted by atomic mass is 9.95. The van der Waals surface area contributed by atoms with E-state index >= 15 is 0 Å². The van der Waals surface area contributed by atoms with Crippen LogP contribution in [-0.2, 0) is 66.3 Å². The molecule has 21 aliphatic heterocycles. The van der Waals surface area contributed by atoms with E-state index in [0.717, 1.165) is 0 Å². The second-order valence-corrected chi connectivity index (χ2v) is 21.0. The average Bonchev–Trinajstić information content (AvgIpc) is 3.55. The molecule has 0 unspecified atom stereocenters. The van der Waals surface area contributed by atoms with Gasteiger partial charge in [0, 0.05) is 6.54 Å². The van der Waals surface area contributed by atoms with Crippen molar-refractivity contribution in [2.45, 2.75) is 229 Å². The Kier molecular flexibility index (Phi) is 22.8. The van der Waals surface area contributed by atoms with Crippen LogP contribution < -0.4 is 0 Å². The van der Waals surface area contributed by atoms with Crippen LogP contribution in [0.15, 0.2) is 0 Å². The molecule has 35 atom stereocenters. The molecule has 0 aromatic rings. The van der Waals surface area contributed by atoms with Crippen LogP contribution in [0.4, 0.5) is 0 Å². The molecule has 21 aliphatic rings. The minimum absolute atomic E-state index is 0.109. The van der Waals surface area contributed by atoms with Crippen LogP contribution in [0.1, 0.15) is 13.8 Å². The van der Waals surface area contributed by atoms with Gasteiger partial charge in [0.2, 0.25) is 0 Å². The van der Waals surface area contributed by atoms with E-state index in [1.165, 1.54) is 0 Å². The fourth-order valence-electron chi connectivity index (χ4n) is 11.2. The van der Waals surface area contributed by atoms with Crippen LogP contribution in [0.5, 0.6) is 0 Å². The van der Waals surface area contributed by atoms with Crippen molar-refractivity contribution < 1.29 is 168 Å². The lowest BCUT2D eigenvalue weighted by Crippen LogP contribution is -2.68. The Morgan fingerprint density at radius 2 is 0.370 bits per heavy atom. The van der Waals surface area contributed by atoms with E-state index in [1.807, 2.05) is 0 Å². The van der Waals surface area contributed by atoms with Crippen LogP contribution in [0.2, 0.25) is 0 Å². The van der Waals surface area contributed by atoms with Gasteiger partial charge in [0.25, 0.3) is 0 Å². The maximum Gasteiger partial charge on any atom is 0.187 e. The van der Waals surface area contributed by atoms with E-state index in [1.54, 1.807) is 18.7 Å². The van der Waals surface area contributed by atoms with E-state index in [-0.39, 0.29) is 6.54 Å². The van der Waals surface area contributed by atoms with Gasteiger partial charge in [-0.3, -0.25) is 0 Å². The number of aliphatic hydroxyl groups is 20. The quantitative estimate of drug-likeness (QED) is 0.0966. The number of hydrogen-bond donors (Lipinski definition) is 20. The summed E-state index contributed by atoms with van der Waals surface area (Å²) in [4.78, 5) is 1.78. The van der Waals surface area contributed by atoms with Crippen LogP contribution in [0.25, 0.3) is 0 Å². The lowest BCUT2D eigenvalue weighted by molar-refractivity contribution is -0.396. The predicted octanol–water partition coefficient (Wildman–Crippen LogP) is -13.9. The first-order chi connectivity index (χ1) is 38.6. The monoisotopic (exact) mass is 1190 g/mol. The van der Waals surface area contributed by atoms with Crippen molar-refractivity contribution in [3.8, 4) is 0 Å². The molecular formula is C46H79NO34. The third kappa shape index (κ3) is 13.2. The predicted molar refractivity (Wildman–Crippen MR) is 249 cm³/mol. The minimum Gasteiger partial charge on any atom is -0.394 e. The molecule has 0 saturated carbocycles. The molecule has 81 heavy (non-hydrogen) atoms. The second-order valence-electron chi connectivity index (χ2n) is 21.0. The zero-order valence-electron chi connectivity index (χ0n) is 43.7. The summed E-state index contributed by atoms with van der Waals surface area (Å²) < 4.78 is 81.3. The third-order valence-corrected chi connectivity index (χ3v) is 15.9. The summed E-state index contributed by atoms with van der Waals surface area (Å²) in [6.07, 6.45) is -68.6. The standard InChI is InChI=1S/C46H79NO34/c1-3-47(4-2)5-12-33-19(54)26(61)40(68-12)76-34-13(6-48)70-42(28(63)21(34)56)78-36-15(8-50)72-44(30(65)23(36)58)80-38-17(10-52)74-46(32(67)25(38)60)81-39-18(11-53)73-45(31(66)24(39)59)79-37-16(9-51)71-43(29(64)22(37)57)77-35-14(7-49)69-41(75-33)27(62)20(35)55/h12-46,48-67H,3-11H2,1-2H3/t12-,13-,14-,15-,16-,17-,18-,19-,20-,21-,22-,23-,24-,25-,26-,27-,28-,29-,30-,31-,32-,33-,34-,35-,36-,37-,38-,39-,40-,41-,42-,43-,44-,45-,46-/m1/s1. The Hall–Kier alpha value is -1.40. The number of rotatable bonds is 10. The van der Waals surface area contributed by atoms with Crippen molar-refractivity contribution >= 4 is 0 Å². The normalized spacial score (nSPS) is 53.3. The zero-order valence-corrected chi connectivity index (χ0v) is 43.7. The van der Waals surface area contributed by atoms with Crippen molar-refractivity contribution in [3.63, 3.8) is 0 Å². The first-order valence-corrected chi connectivity index (χ1v) is 26.7. The summed E-state index contributed by atoms with van der Waals surface area (Å²) in [5.74, 6) is 0. The largest absolute Gasteiger partial charge is 0.394 e. The molecule has 20 N–H and O–H groups in total. The fourth-order valence-corrected chi connectivity index (χ4v) is 11.2. The summed E-state index contributed by atoms with van der Waals surface area (Å²) in [5, 5.41) is 223. The molecule has 21 heterocycles. The minimum atomic E-state index is -2.20. The number of ether oxygens (including phenoxy) is 14. The summed E-state index contributed by atoms with van der Waals surface area (Å²) in [6, 6.07) is 0. The second kappa shape index (κ2) is 28.2. The summed E-state index contributed by atoms with van der Waals surface area (Å²) in [6.45, 7) is -1.96. The molecule has 21 rings (SSSR count). The maximum absolute atomic E-state index is 11.7. The summed E-state index contributed by atoms with van der Waals surface area (Å²) in [5.41, 5.74) is 0. The molecular weight excluding hydrogens is 1110 g/mol. The van der Waals surface area contributed by atoms with Gasteiger partial charge in [-0.2, -0.15) is 0 Å². The molecule has 0 aromatic carbocycles. The van der Waals surface area contributed by atoms with E-state index in [9.17, 15) is 102 Å². The topological polar surface area (TPSA) is 537 Å². The fraction of sp³-hybridized carbons (Fsp3) is 1.00. The van der Waals surface area contributed by atoms with Gasteiger partial charge >= 0.3 is 0 Å². The Morgan fingerprint density at radius 3 is 0.519 bits per heavy atom. The number of aliphatic hydroxyl groups excluding tert-OH is 20. The van der Waals surface area contributed by atoms with Crippen molar-refractivity contribution in [2.24, 2.45) is 0 Å². The number of hydrogen-bond acceptors (Lipinski definition) is 35. The first-order valence-electron chi connectivity index (χ1n) is 26.7. The zero-order chi connectivity index (χ0) is 59.0. The van der Waals surface area contributed by atoms with Crippen LogP contribution in [0, 0.1) is 0 Å². The van der Waals surface area contributed by atoms with Gasteiger partial charge in [-0.25, -0.2) is 0 Å². The highest BCUT2D eigenvalue weighted by molar-refractivity contribution is 5.02. The summed E-state index contributed by atoms with van der Waals surface area (Å²) in [7, 11) is 0. The lowest BCUT2D eigenvalue weighted by Gasteiger charge is -2.50. The molecule has 14 bridgehead atoms. The molecule has 0 aliphatic carbocycles. The highest BCUT2D eigenvalue weighted by Gasteiger charge is 2.59. The van der Waals surface area contributed by atoms with Crippen LogP contribution in [-0.4, -0.2) is 381 Å². The Balaban J connectivity index is 1.10. The molecule has 21 fully saturated rings. The molecule has 0 radical (unpaired) electrons. The highest BCUT2D eigenvalue weighted by Crippen LogP contribution is 2.39.